The van der Waals surface area contributed by atoms with Gasteiger partial charge < -0.3 is 9.88 Å². The Morgan fingerprint density at radius 2 is 1.88 bits per heavy atom. The Kier molecular flexibility index (Phi) is 4.34. The summed E-state index contributed by atoms with van der Waals surface area (Å²) in [7, 11) is 0. The number of hydrogen-bond donors (Lipinski definition) is 1. The number of benzene rings is 2. The minimum Gasteiger partial charge on any atom is -0.340 e. The molecule has 1 N–H and O–H groups in total. The lowest BCUT2D eigenvalue weighted by Crippen LogP contribution is -2.26. The van der Waals surface area contributed by atoms with Crippen LogP contribution in [0, 0.1) is 6.92 Å². The second-order valence-corrected chi connectivity index (χ2v) is 7.19. The smallest absolute Gasteiger partial charge is 0.0488 e. The molecule has 3 heteroatoms. The summed E-state index contributed by atoms with van der Waals surface area (Å²) in [6.07, 6.45) is 2.46. The van der Waals surface area contributed by atoms with Crippen molar-refractivity contribution < 1.29 is 0 Å². The molecule has 1 aromatic heterocycles. The van der Waals surface area contributed by atoms with Gasteiger partial charge in [0.15, 0.2) is 0 Å². The number of para-hydroxylation sites is 1. The van der Waals surface area contributed by atoms with Crippen LogP contribution in [-0.4, -0.2) is 17.7 Å². The van der Waals surface area contributed by atoms with Gasteiger partial charge >= 0.3 is 0 Å². The zero-order valence-electron chi connectivity index (χ0n) is 14.1. The van der Waals surface area contributed by atoms with Crippen LogP contribution in [0.3, 0.4) is 0 Å². The van der Waals surface area contributed by atoms with Crippen molar-refractivity contribution in [2.75, 3.05) is 13.1 Å². The molecule has 4 rings (SSSR count). The van der Waals surface area contributed by atoms with E-state index in [0.717, 1.165) is 24.7 Å². The maximum absolute atomic E-state index is 6.18. The van der Waals surface area contributed by atoms with Gasteiger partial charge in [-0.15, -0.1) is 0 Å². The average Bonchev–Trinajstić information content (AvgIpc) is 2.88. The Hall–Kier alpha value is -1.77. The highest BCUT2D eigenvalue weighted by Gasteiger charge is 2.23. The van der Waals surface area contributed by atoms with Crippen LogP contribution in [0.4, 0.5) is 0 Å². The van der Waals surface area contributed by atoms with E-state index in [1.165, 1.54) is 35.0 Å². The van der Waals surface area contributed by atoms with Crippen LogP contribution in [0.25, 0.3) is 10.9 Å². The molecule has 0 unspecified atom stereocenters. The van der Waals surface area contributed by atoms with Crippen LogP contribution >= 0.6 is 11.6 Å². The van der Waals surface area contributed by atoms with E-state index in [9.17, 15) is 0 Å². The molecule has 24 heavy (non-hydrogen) atoms. The quantitative estimate of drug-likeness (QED) is 0.701. The second-order valence-electron chi connectivity index (χ2n) is 6.76. The van der Waals surface area contributed by atoms with E-state index in [1.807, 2.05) is 12.1 Å². The summed E-state index contributed by atoms with van der Waals surface area (Å²) in [5, 5.41) is 5.71. The van der Waals surface area contributed by atoms with Crippen LogP contribution in [0.1, 0.15) is 35.6 Å². The molecule has 2 aromatic carbocycles. The molecule has 0 saturated carbocycles. The van der Waals surface area contributed by atoms with Gasteiger partial charge in [0, 0.05) is 28.2 Å². The molecule has 2 nitrogen and oxygen atoms in total. The number of nitrogens with zero attached hydrogens (tertiary/aromatic N) is 1. The van der Waals surface area contributed by atoms with Crippen molar-refractivity contribution in [1.82, 2.24) is 9.88 Å². The topological polar surface area (TPSA) is 17.0 Å². The molecule has 0 radical (unpaired) electrons. The largest absolute Gasteiger partial charge is 0.340 e. The van der Waals surface area contributed by atoms with Gasteiger partial charge in [-0.2, -0.15) is 0 Å². The molecule has 0 bridgehead atoms. The third-order valence-electron chi connectivity index (χ3n) is 5.26. The lowest BCUT2D eigenvalue weighted by molar-refractivity contribution is 0.460. The van der Waals surface area contributed by atoms with Gasteiger partial charge in [0.2, 0.25) is 0 Å². The number of aromatic nitrogens is 1. The first-order chi connectivity index (χ1) is 11.7. The summed E-state index contributed by atoms with van der Waals surface area (Å²) in [6.45, 7) is 5.40. The van der Waals surface area contributed by atoms with E-state index < -0.39 is 0 Å². The fourth-order valence-corrected chi connectivity index (χ4v) is 4.32. The molecular weight excluding hydrogens is 316 g/mol. The average molecular weight is 339 g/mol. The fourth-order valence-electron chi connectivity index (χ4n) is 4.11. The predicted molar refractivity (Wildman–Crippen MR) is 102 cm³/mol. The molecule has 0 atom stereocenters. The van der Waals surface area contributed by atoms with Crippen molar-refractivity contribution >= 4 is 22.5 Å². The van der Waals surface area contributed by atoms with Gasteiger partial charge in [-0.1, -0.05) is 41.9 Å². The minimum absolute atomic E-state index is 0.664. The molecule has 3 aromatic rings. The summed E-state index contributed by atoms with van der Waals surface area (Å²) >= 11 is 6.18. The van der Waals surface area contributed by atoms with E-state index in [1.54, 1.807) is 5.56 Å². The van der Waals surface area contributed by atoms with Crippen LogP contribution in [0.5, 0.6) is 0 Å². The molecule has 0 spiro atoms. The van der Waals surface area contributed by atoms with E-state index in [-0.39, 0.29) is 0 Å². The third-order valence-corrected chi connectivity index (χ3v) is 5.49. The highest BCUT2D eigenvalue weighted by atomic mass is 35.5. The number of fused-ring (bicyclic) bond motifs is 1. The van der Waals surface area contributed by atoms with Gasteiger partial charge in [-0.3, -0.25) is 0 Å². The summed E-state index contributed by atoms with van der Waals surface area (Å²) < 4.78 is 2.46. The van der Waals surface area contributed by atoms with Crippen LogP contribution in [0.15, 0.2) is 48.5 Å². The highest BCUT2D eigenvalue weighted by Crippen LogP contribution is 2.36. The maximum atomic E-state index is 6.18. The van der Waals surface area contributed by atoms with Crippen molar-refractivity contribution in [2.24, 2.45) is 0 Å². The Bertz CT molecular complexity index is 859. The number of piperidine rings is 1. The van der Waals surface area contributed by atoms with Crippen LogP contribution in [0.2, 0.25) is 5.02 Å². The first-order valence-electron chi connectivity index (χ1n) is 8.77. The van der Waals surface area contributed by atoms with E-state index in [4.69, 9.17) is 11.6 Å². The molecule has 0 amide bonds. The number of halogens is 1. The zero-order valence-corrected chi connectivity index (χ0v) is 14.8. The summed E-state index contributed by atoms with van der Waals surface area (Å²) in [6, 6.07) is 17.0. The Labute approximate surface area is 148 Å². The molecular formula is C21H23ClN2. The van der Waals surface area contributed by atoms with Gasteiger partial charge in [-0.05, 0) is 68.1 Å². The standard InChI is InChI=1S/C21H23ClN2/c1-15-21(17-9-11-23-12-10-17)19-7-2-3-8-20(19)24(15)14-16-5-4-6-18(22)13-16/h2-8,13,17,23H,9-12,14H2,1H3. The lowest BCUT2D eigenvalue weighted by Gasteiger charge is -2.23. The van der Waals surface area contributed by atoms with Gasteiger partial charge in [0.05, 0.1) is 0 Å². The Morgan fingerprint density at radius 1 is 1.08 bits per heavy atom. The minimum atomic E-state index is 0.664. The first kappa shape index (κ1) is 15.7. The number of hydrogen-bond acceptors (Lipinski definition) is 1. The Balaban J connectivity index is 1.81. The Morgan fingerprint density at radius 3 is 2.67 bits per heavy atom. The molecule has 2 heterocycles. The molecule has 1 fully saturated rings. The highest BCUT2D eigenvalue weighted by molar-refractivity contribution is 6.30. The third kappa shape index (κ3) is 2.85. The SMILES string of the molecule is Cc1c(C2CCNCC2)c2ccccc2n1Cc1cccc(Cl)c1. The summed E-state index contributed by atoms with van der Waals surface area (Å²) in [4.78, 5) is 0. The molecule has 1 saturated heterocycles. The number of rotatable bonds is 3. The van der Waals surface area contributed by atoms with Crippen LogP contribution < -0.4 is 5.32 Å². The van der Waals surface area contributed by atoms with Crippen molar-refractivity contribution in [3.05, 3.63) is 70.4 Å². The zero-order chi connectivity index (χ0) is 16.5. The van der Waals surface area contributed by atoms with E-state index in [0.29, 0.717) is 5.92 Å². The molecule has 1 aliphatic heterocycles. The fraction of sp³-hybridized carbons (Fsp3) is 0.333. The predicted octanol–water partition coefficient (Wildman–Crippen LogP) is 5.12. The molecule has 124 valence electrons. The van der Waals surface area contributed by atoms with Crippen LogP contribution in [-0.2, 0) is 6.54 Å². The van der Waals surface area contributed by atoms with Gasteiger partial charge in [0.25, 0.3) is 0 Å². The molecule has 0 aliphatic carbocycles. The van der Waals surface area contributed by atoms with Crippen molar-refractivity contribution in [3.63, 3.8) is 0 Å². The number of nitrogens with one attached hydrogen (secondary N) is 1. The van der Waals surface area contributed by atoms with Crippen molar-refractivity contribution in [2.45, 2.75) is 32.2 Å². The van der Waals surface area contributed by atoms with Gasteiger partial charge in [-0.25, -0.2) is 0 Å². The first-order valence-corrected chi connectivity index (χ1v) is 9.14. The van der Waals surface area contributed by atoms with Crippen molar-refractivity contribution in [1.29, 1.82) is 0 Å². The maximum Gasteiger partial charge on any atom is 0.0488 e. The van der Waals surface area contributed by atoms with Crippen molar-refractivity contribution in [3.8, 4) is 0 Å². The lowest BCUT2D eigenvalue weighted by atomic mass is 9.88. The summed E-state index contributed by atoms with van der Waals surface area (Å²) in [5.74, 6) is 0.664. The van der Waals surface area contributed by atoms with E-state index in [2.05, 4.69) is 53.2 Å². The monoisotopic (exact) mass is 338 g/mol. The van der Waals surface area contributed by atoms with Gasteiger partial charge in [0.1, 0.15) is 0 Å². The summed E-state index contributed by atoms with van der Waals surface area (Å²) in [5.41, 5.74) is 5.55. The normalized spacial score (nSPS) is 15.9. The van der Waals surface area contributed by atoms with E-state index >= 15 is 0 Å². The molecule has 1 aliphatic rings. The second kappa shape index (κ2) is 6.62.